The third-order valence-corrected chi connectivity index (χ3v) is 10.3. The summed E-state index contributed by atoms with van der Waals surface area (Å²) in [5, 5.41) is 32.5. The molecule has 176 valence electrons. The molecule has 4 aliphatic rings. The smallest absolute Gasteiger partial charge is 0.173 e. The van der Waals surface area contributed by atoms with Crippen LogP contribution < -0.4 is 0 Å². The van der Waals surface area contributed by atoms with Crippen LogP contribution in [0.3, 0.4) is 0 Å². The molecule has 0 aliphatic heterocycles. The van der Waals surface area contributed by atoms with Gasteiger partial charge in [-0.2, -0.15) is 5.26 Å². The van der Waals surface area contributed by atoms with Crippen LogP contribution in [0.1, 0.15) is 65.7 Å². The second kappa shape index (κ2) is 8.29. The minimum atomic E-state index is -0.456. The van der Waals surface area contributed by atoms with Gasteiger partial charge in [0, 0.05) is 12.8 Å². The molecule has 0 spiro atoms. The van der Waals surface area contributed by atoms with E-state index >= 15 is 0 Å². The van der Waals surface area contributed by atoms with E-state index in [4.69, 9.17) is 4.74 Å². The van der Waals surface area contributed by atoms with E-state index in [1.807, 2.05) is 6.08 Å². The Balaban J connectivity index is 1.64. The van der Waals surface area contributed by atoms with E-state index in [1.54, 1.807) is 7.11 Å². The number of fused-ring (bicyclic) bond motifs is 5. The normalized spacial score (nSPS) is 46.2. The molecule has 4 aliphatic carbocycles. The molecule has 32 heavy (non-hydrogen) atoms. The van der Waals surface area contributed by atoms with E-state index in [9.17, 15) is 20.3 Å². The van der Waals surface area contributed by atoms with Gasteiger partial charge in [0.05, 0.1) is 30.6 Å². The van der Waals surface area contributed by atoms with E-state index in [0.29, 0.717) is 31.1 Å². The third kappa shape index (κ3) is 3.37. The summed E-state index contributed by atoms with van der Waals surface area (Å²) in [7, 11) is 1.66. The van der Waals surface area contributed by atoms with Gasteiger partial charge in [-0.15, -0.1) is 0 Å². The maximum absolute atomic E-state index is 12.4. The molecule has 2 N–H and O–H groups in total. The molecule has 3 saturated carbocycles. The lowest BCUT2D eigenvalue weighted by molar-refractivity contribution is -0.186. The number of aliphatic hydroxyl groups excluding tert-OH is 2. The number of aliphatic hydroxyl groups is 2. The first-order chi connectivity index (χ1) is 15.1. The van der Waals surface area contributed by atoms with Crippen molar-refractivity contribution >= 4 is 5.78 Å². The molecule has 0 radical (unpaired) electrons. The van der Waals surface area contributed by atoms with Gasteiger partial charge in [0.2, 0.25) is 0 Å². The van der Waals surface area contributed by atoms with Gasteiger partial charge in [0.1, 0.15) is 6.07 Å². The Bertz CT molecular complexity index is 858. The van der Waals surface area contributed by atoms with E-state index < -0.39 is 12.2 Å². The van der Waals surface area contributed by atoms with Crippen molar-refractivity contribution in [3.8, 4) is 6.07 Å². The monoisotopic (exact) mass is 441 g/mol. The summed E-state index contributed by atoms with van der Waals surface area (Å²) in [5.41, 5.74) is -0.297. The minimum Gasteiger partial charge on any atom is -0.502 e. The first-order valence-corrected chi connectivity index (χ1v) is 12.3. The molecule has 0 aromatic heterocycles. The fraction of sp³-hybridized carbons (Fsp3) is 0.778. The highest BCUT2D eigenvalue weighted by molar-refractivity contribution is 6.00. The predicted octanol–water partition coefficient (Wildman–Crippen LogP) is 4.40. The number of nitrogens with zero attached hydrogens (tertiary/aromatic N) is 1. The average molecular weight is 442 g/mol. The number of carbonyl (C=O) groups excluding carboxylic acids is 1. The molecular weight excluding hydrogens is 402 g/mol. The topological polar surface area (TPSA) is 90.5 Å². The van der Waals surface area contributed by atoms with Crippen molar-refractivity contribution in [3.63, 3.8) is 0 Å². The molecule has 0 saturated heterocycles. The quantitative estimate of drug-likeness (QED) is 0.617. The zero-order valence-corrected chi connectivity index (χ0v) is 20.0. The fourth-order valence-electron chi connectivity index (χ4n) is 8.44. The van der Waals surface area contributed by atoms with Crippen molar-refractivity contribution < 1.29 is 19.7 Å². The van der Waals surface area contributed by atoms with Crippen LogP contribution in [0.4, 0.5) is 0 Å². The molecule has 4 rings (SSSR count). The summed E-state index contributed by atoms with van der Waals surface area (Å²) in [5.74, 6) is 2.00. The first-order valence-electron chi connectivity index (χ1n) is 12.3. The molecule has 0 amide bonds. The van der Waals surface area contributed by atoms with Crippen LogP contribution in [0.15, 0.2) is 24.0 Å². The Morgan fingerprint density at radius 3 is 2.69 bits per heavy atom. The van der Waals surface area contributed by atoms with Gasteiger partial charge >= 0.3 is 0 Å². The second-order valence-corrected chi connectivity index (χ2v) is 11.5. The molecule has 0 aromatic rings. The molecule has 0 bridgehead atoms. The highest BCUT2D eigenvalue weighted by atomic mass is 16.5. The summed E-state index contributed by atoms with van der Waals surface area (Å²) in [6.07, 6.45) is 6.44. The second-order valence-electron chi connectivity index (χ2n) is 11.5. The number of carbonyl (C=O) groups is 1. The highest BCUT2D eigenvalue weighted by Gasteiger charge is 2.65. The highest BCUT2D eigenvalue weighted by Crippen LogP contribution is 2.67. The van der Waals surface area contributed by atoms with Crippen molar-refractivity contribution in [2.45, 2.75) is 77.9 Å². The van der Waals surface area contributed by atoms with Gasteiger partial charge in [-0.1, -0.05) is 33.4 Å². The number of hydrogen-bond acceptors (Lipinski definition) is 5. The molecule has 0 unspecified atom stereocenters. The molecule has 5 nitrogen and oxygen atoms in total. The molecular formula is C27H39NO4. The number of hydrogen-bond donors (Lipinski definition) is 2. The third-order valence-electron chi connectivity index (χ3n) is 10.3. The number of ketones is 1. The summed E-state index contributed by atoms with van der Waals surface area (Å²) in [6, 6.07) is 2.10. The molecule has 3 fully saturated rings. The zero-order chi connectivity index (χ0) is 23.4. The van der Waals surface area contributed by atoms with Gasteiger partial charge < -0.3 is 14.9 Å². The van der Waals surface area contributed by atoms with E-state index in [-0.39, 0.29) is 45.9 Å². The summed E-state index contributed by atoms with van der Waals surface area (Å²) >= 11 is 0. The molecule has 0 aromatic carbocycles. The van der Waals surface area contributed by atoms with Crippen molar-refractivity contribution in [2.75, 3.05) is 7.11 Å². The Morgan fingerprint density at radius 1 is 1.31 bits per heavy atom. The number of nitriles is 1. The Labute approximate surface area is 192 Å². The van der Waals surface area contributed by atoms with Gasteiger partial charge in [0.25, 0.3) is 0 Å². The van der Waals surface area contributed by atoms with Crippen LogP contribution in [0.2, 0.25) is 0 Å². The van der Waals surface area contributed by atoms with Crippen LogP contribution in [-0.4, -0.2) is 35.3 Å². The zero-order valence-electron chi connectivity index (χ0n) is 20.0. The maximum Gasteiger partial charge on any atom is 0.173 e. The SMILES string of the molecule is C=C(CC[C@@H](C)[C@H]1CC[C@H]2[C@@H]3[C@H](O)C[C@@H]4CC(=O)C(C#N)=C[C@]4(C)[C@H]3C[C@H](O)[C@]12C)OC. The fourth-order valence-corrected chi connectivity index (χ4v) is 8.44. The predicted molar refractivity (Wildman–Crippen MR) is 122 cm³/mol. The minimum absolute atomic E-state index is 0.0380. The van der Waals surface area contributed by atoms with Gasteiger partial charge in [-0.25, -0.2) is 0 Å². The average Bonchev–Trinajstić information content (AvgIpc) is 3.12. The summed E-state index contributed by atoms with van der Waals surface area (Å²) in [4.78, 5) is 12.4. The van der Waals surface area contributed by atoms with Crippen molar-refractivity contribution in [3.05, 3.63) is 24.0 Å². The standard InChI is InChI=1S/C27H39NO4/c1-15(6-7-16(2)32-5)19-8-9-20-25-21(12-24(31)27(19,20)4)26(3)13-17(14-28)22(29)10-18(26)11-23(25)30/h13,15,18-21,23-25,30-31H,2,6-12H2,1,3-5H3/t15-,18+,19-,20+,21+,23-,24+,25+,26+,27-/m1/s1. The van der Waals surface area contributed by atoms with Crippen LogP contribution in [0.25, 0.3) is 0 Å². The first kappa shape index (κ1) is 23.5. The van der Waals surface area contributed by atoms with Crippen LogP contribution in [0.5, 0.6) is 0 Å². The van der Waals surface area contributed by atoms with Gasteiger partial charge in [-0.05, 0) is 78.4 Å². The lowest BCUT2D eigenvalue weighted by Crippen LogP contribution is -2.61. The van der Waals surface area contributed by atoms with Crippen LogP contribution in [0, 0.1) is 57.7 Å². The number of allylic oxidation sites excluding steroid dienone is 3. The number of rotatable bonds is 5. The Kier molecular flexibility index (Phi) is 6.09. The largest absolute Gasteiger partial charge is 0.502 e. The van der Waals surface area contributed by atoms with Crippen LogP contribution in [-0.2, 0) is 9.53 Å². The van der Waals surface area contributed by atoms with Crippen LogP contribution >= 0.6 is 0 Å². The van der Waals surface area contributed by atoms with Gasteiger partial charge in [-0.3, -0.25) is 4.79 Å². The van der Waals surface area contributed by atoms with Crippen molar-refractivity contribution in [1.29, 1.82) is 5.26 Å². The van der Waals surface area contributed by atoms with Crippen molar-refractivity contribution in [2.24, 2.45) is 46.3 Å². The van der Waals surface area contributed by atoms with E-state index in [2.05, 4.69) is 33.4 Å². The van der Waals surface area contributed by atoms with E-state index in [0.717, 1.165) is 31.4 Å². The van der Waals surface area contributed by atoms with E-state index in [1.165, 1.54) is 0 Å². The number of Topliss-reactive ketones (excluding diaryl/α,β-unsaturated/α-hetero) is 1. The Hall–Kier alpha value is -1.64. The maximum atomic E-state index is 12.4. The Morgan fingerprint density at radius 2 is 2.03 bits per heavy atom. The summed E-state index contributed by atoms with van der Waals surface area (Å²) in [6.45, 7) is 10.6. The lowest BCUT2D eigenvalue weighted by Gasteiger charge is -2.62. The lowest BCUT2D eigenvalue weighted by atomic mass is 9.44. The van der Waals surface area contributed by atoms with Crippen molar-refractivity contribution in [1.82, 2.24) is 0 Å². The number of ether oxygens (including phenoxy) is 1. The molecule has 5 heteroatoms. The number of methoxy groups -OCH3 is 1. The van der Waals surface area contributed by atoms with Gasteiger partial charge in [0.15, 0.2) is 5.78 Å². The molecule has 0 heterocycles. The molecule has 10 atom stereocenters. The summed E-state index contributed by atoms with van der Waals surface area (Å²) < 4.78 is 5.26.